The topological polar surface area (TPSA) is 35.0 Å². The molecule has 3 nitrogen and oxygen atoms in total. The molecule has 0 unspecified atom stereocenters. The Morgan fingerprint density at radius 2 is 1.78 bits per heavy atom. The standard InChI is InChI=1S/C20H26N2O/c1-15-8-10-17(11-9-15)12-13-19-21-16(2)14-20(22-19)23-18-6-4-3-5-7-18/h3-7,14-15,17H,8-13H2,1-2H3. The van der Waals surface area contributed by atoms with Crippen LogP contribution in [0.4, 0.5) is 0 Å². The van der Waals surface area contributed by atoms with E-state index < -0.39 is 0 Å². The van der Waals surface area contributed by atoms with Crippen molar-refractivity contribution in [3.63, 3.8) is 0 Å². The summed E-state index contributed by atoms with van der Waals surface area (Å²) in [4.78, 5) is 9.18. The molecule has 0 radical (unpaired) electrons. The number of nitrogens with zero attached hydrogens (tertiary/aromatic N) is 2. The van der Waals surface area contributed by atoms with Crippen molar-refractivity contribution >= 4 is 0 Å². The minimum Gasteiger partial charge on any atom is -0.439 e. The quantitative estimate of drug-likeness (QED) is 0.748. The van der Waals surface area contributed by atoms with Crippen molar-refractivity contribution in [2.75, 3.05) is 0 Å². The van der Waals surface area contributed by atoms with Gasteiger partial charge >= 0.3 is 0 Å². The summed E-state index contributed by atoms with van der Waals surface area (Å²) in [5.41, 5.74) is 0.971. The van der Waals surface area contributed by atoms with Gasteiger partial charge in [-0.15, -0.1) is 0 Å². The molecule has 1 aliphatic rings. The molecule has 122 valence electrons. The number of hydrogen-bond donors (Lipinski definition) is 0. The number of aromatic nitrogens is 2. The van der Waals surface area contributed by atoms with Crippen molar-refractivity contribution in [2.45, 2.75) is 52.4 Å². The maximum atomic E-state index is 5.85. The van der Waals surface area contributed by atoms with Crippen molar-refractivity contribution in [2.24, 2.45) is 11.8 Å². The third kappa shape index (κ3) is 4.78. The maximum absolute atomic E-state index is 5.85. The predicted octanol–water partition coefficient (Wildman–Crippen LogP) is 5.34. The molecule has 0 spiro atoms. The Kier molecular flexibility index (Phi) is 5.27. The van der Waals surface area contributed by atoms with E-state index >= 15 is 0 Å². The monoisotopic (exact) mass is 310 g/mol. The van der Waals surface area contributed by atoms with Crippen LogP contribution in [0.3, 0.4) is 0 Å². The van der Waals surface area contributed by atoms with Gasteiger partial charge in [0.2, 0.25) is 5.88 Å². The summed E-state index contributed by atoms with van der Waals surface area (Å²) in [6.07, 6.45) is 7.62. The minimum absolute atomic E-state index is 0.649. The Labute approximate surface area is 139 Å². The van der Waals surface area contributed by atoms with Gasteiger partial charge in [-0.25, -0.2) is 4.98 Å². The molecular weight excluding hydrogens is 284 g/mol. The summed E-state index contributed by atoms with van der Waals surface area (Å²) in [6, 6.07) is 11.7. The lowest BCUT2D eigenvalue weighted by Gasteiger charge is -2.25. The van der Waals surface area contributed by atoms with E-state index in [0.29, 0.717) is 5.88 Å². The Hall–Kier alpha value is -1.90. The number of para-hydroxylation sites is 1. The van der Waals surface area contributed by atoms with Crippen LogP contribution in [0.15, 0.2) is 36.4 Å². The van der Waals surface area contributed by atoms with E-state index in [0.717, 1.165) is 35.5 Å². The fourth-order valence-electron chi connectivity index (χ4n) is 3.32. The van der Waals surface area contributed by atoms with Gasteiger partial charge in [0.05, 0.1) is 0 Å². The summed E-state index contributed by atoms with van der Waals surface area (Å²) < 4.78 is 5.85. The van der Waals surface area contributed by atoms with E-state index in [9.17, 15) is 0 Å². The first-order valence-electron chi connectivity index (χ1n) is 8.76. The number of ether oxygens (including phenoxy) is 1. The van der Waals surface area contributed by atoms with Crippen LogP contribution in [0, 0.1) is 18.8 Å². The zero-order valence-corrected chi connectivity index (χ0v) is 14.2. The van der Waals surface area contributed by atoms with Crippen molar-refractivity contribution in [3.8, 4) is 11.6 Å². The fourth-order valence-corrected chi connectivity index (χ4v) is 3.32. The Bertz CT molecular complexity index is 619. The summed E-state index contributed by atoms with van der Waals surface area (Å²) in [7, 11) is 0. The molecule has 1 heterocycles. The van der Waals surface area contributed by atoms with Crippen LogP contribution in [0.1, 0.15) is 50.5 Å². The molecule has 0 bridgehead atoms. The first kappa shape index (κ1) is 16.0. The third-order valence-corrected chi connectivity index (χ3v) is 4.75. The summed E-state index contributed by atoms with van der Waals surface area (Å²) in [5, 5.41) is 0. The van der Waals surface area contributed by atoms with Gasteiger partial charge in [-0.3, -0.25) is 0 Å². The van der Waals surface area contributed by atoms with Gasteiger partial charge in [0.15, 0.2) is 0 Å². The largest absolute Gasteiger partial charge is 0.439 e. The number of aryl methyl sites for hydroxylation is 2. The molecule has 0 N–H and O–H groups in total. The lowest BCUT2D eigenvalue weighted by atomic mass is 9.81. The molecule has 1 fully saturated rings. The minimum atomic E-state index is 0.649. The number of benzene rings is 1. The highest BCUT2D eigenvalue weighted by atomic mass is 16.5. The van der Waals surface area contributed by atoms with Gasteiger partial charge in [-0.05, 0) is 37.3 Å². The van der Waals surface area contributed by atoms with E-state index in [1.54, 1.807) is 0 Å². The highest BCUT2D eigenvalue weighted by Gasteiger charge is 2.18. The molecule has 0 amide bonds. The maximum Gasteiger partial charge on any atom is 0.222 e. The van der Waals surface area contributed by atoms with Crippen molar-refractivity contribution in [3.05, 3.63) is 47.9 Å². The lowest BCUT2D eigenvalue weighted by molar-refractivity contribution is 0.276. The first-order chi connectivity index (χ1) is 11.2. The van der Waals surface area contributed by atoms with Crippen molar-refractivity contribution in [1.29, 1.82) is 0 Å². The van der Waals surface area contributed by atoms with Crippen LogP contribution in [-0.4, -0.2) is 9.97 Å². The molecular formula is C20H26N2O. The second kappa shape index (κ2) is 7.58. The predicted molar refractivity (Wildman–Crippen MR) is 92.7 cm³/mol. The van der Waals surface area contributed by atoms with Crippen LogP contribution >= 0.6 is 0 Å². The van der Waals surface area contributed by atoms with Gasteiger partial charge in [0.25, 0.3) is 0 Å². The van der Waals surface area contributed by atoms with Gasteiger partial charge in [-0.2, -0.15) is 4.98 Å². The molecule has 1 aromatic heterocycles. The normalized spacial score (nSPS) is 21.1. The Morgan fingerprint density at radius 3 is 2.52 bits per heavy atom. The molecule has 0 atom stereocenters. The van der Waals surface area contributed by atoms with E-state index in [1.165, 1.54) is 32.1 Å². The molecule has 0 aliphatic heterocycles. The lowest BCUT2D eigenvalue weighted by Crippen LogP contribution is -2.13. The molecule has 3 rings (SSSR count). The average Bonchev–Trinajstić information content (AvgIpc) is 2.55. The van der Waals surface area contributed by atoms with Crippen LogP contribution in [0.5, 0.6) is 11.6 Å². The van der Waals surface area contributed by atoms with Crippen LogP contribution in [0.2, 0.25) is 0 Å². The summed E-state index contributed by atoms with van der Waals surface area (Å²) in [5.74, 6) is 4.13. The Balaban J connectivity index is 1.61. The second-order valence-electron chi connectivity index (χ2n) is 6.84. The SMILES string of the molecule is Cc1cc(Oc2ccccc2)nc(CCC2CCC(C)CC2)n1. The summed E-state index contributed by atoms with van der Waals surface area (Å²) in [6.45, 7) is 4.37. The molecule has 3 heteroatoms. The molecule has 2 aromatic rings. The van der Waals surface area contributed by atoms with E-state index in [2.05, 4.69) is 16.9 Å². The van der Waals surface area contributed by atoms with Crippen molar-refractivity contribution in [1.82, 2.24) is 9.97 Å². The third-order valence-electron chi connectivity index (χ3n) is 4.75. The molecule has 1 aromatic carbocycles. The van der Waals surface area contributed by atoms with Gasteiger partial charge in [0, 0.05) is 18.2 Å². The number of rotatable bonds is 5. The summed E-state index contributed by atoms with van der Waals surface area (Å²) >= 11 is 0. The Morgan fingerprint density at radius 1 is 1.04 bits per heavy atom. The molecule has 1 saturated carbocycles. The highest BCUT2D eigenvalue weighted by Crippen LogP contribution is 2.31. The zero-order valence-electron chi connectivity index (χ0n) is 14.2. The van der Waals surface area contributed by atoms with Crippen molar-refractivity contribution < 1.29 is 4.74 Å². The van der Waals surface area contributed by atoms with E-state index in [-0.39, 0.29) is 0 Å². The van der Waals surface area contributed by atoms with Gasteiger partial charge in [-0.1, -0.05) is 50.8 Å². The first-order valence-corrected chi connectivity index (χ1v) is 8.76. The molecule has 23 heavy (non-hydrogen) atoms. The van der Waals surface area contributed by atoms with Crippen LogP contribution < -0.4 is 4.74 Å². The zero-order chi connectivity index (χ0) is 16.1. The smallest absolute Gasteiger partial charge is 0.222 e. The van der Waals surface area contributed by atoms with Gasteiger partial charge in [0.1, 0.15) is 11.6 Å². The van der Waals surface area contributed by atoms with Crippen LogP contribution in [-0.2, 0) is 6.42 Å². The fraction of sp³-hybridized carbons (Fsp3) is 0.500. The van der Waals surface area contributed by atoms with E-state index in [4.69, 9.17) is 4.74 Å². The van der Waals surface area contributed by atoms with Crippen LogP contribution in [0.25, 0.3) is 0 Å². The second-order valence-corrected chi connectivity index (χ2v) is 6.84. The number of hydrogen-bond acceptors (Lipinski definition) is 3. The highest BCUT2D eigenvalue weighted by molar-refractivity contribution is 5.27. The molecule has 0 saturated heterocycles. The van der Waals surface area contributed by atoms with E-state index in [1.807, 2.05) is 43.3 Å². The molecule has 1 aliphatic carbocycles. The average molecular weight is 310 g/mol. The van der Waals surface area contributed by atoms with Gasteiger partial charge < -0.3 is 4.74 Å².